The fraction of sp³-hybridized carbons (Fsp3) is 0.280. The highest BCUT2D eigenvalue weighted by Crippen LogP contribution is 2.45. The zero-order valence-corrected chi connectivity index (χ0v) is 18.5. The number of fused-ring (bicyclic) bond motifs is 4. The van der Waals surface area contributed by atoms with Gasteiger partial charge in [-0.05, 0) is 56.0 Å². The Morgan fingerprint density at radius 3 is 2.56 bits per heavy atom. The molecule has 7 nitrogen and oxygen atoms in total. The molecule has 2 atom stereocenters. The van der Waals surface area contributed by atoms with E-state index >= 15 is 0 Å². The molecule has 0 spiro atoms. The molecule has 1 amide bonds. The molecule has 2 aliphatic heterocycles. The number of rotatable bonds is 3. The second kappa shape index (κ2) is 7.86. The molecule has 4 aromatic rings. The molecule has 4 heterocycles. The third-order valence-electron chi connectivity index (χ3n) is 6.86. The minimum absolute atomic E-state index is 0.00123. The van der Waals surface area contributed by atoms with Crippen molar-refractivity contribution in [2.24, 2.45) is 7.05 Å². The molecular formula is C25H22F2N6O. The average molecular weight is 460 g/mol. The monoisotopic (exact) mass is 460 g/mol. The SMILES string of the molecule is Cn1nc2c(c1-c1cc(F)cc(F)c1)C[C@@H]1CCC[C@H]2N1C(=O)c1cccc(-n2cnnc2)c1. The van der Waals surface area contributed by atoms with Crippen LogP contribution in [-0.2, 0) is 13.5 Å². The van der Waals surface area contributed by atoms with Crippen LogP contribution in [-0.4, -0.2) is 41.4 Å². The van der Waals surface area contributed by atoms with Gasteiger partial charge < -0.3 is 4.90 Å². The molecule has 1 saturated heterocycles. The molecular weight excluding hydrogens is 438 g/mol. The molecule has 0 aliphatic carbocycles. The van der Waals surface area contributed by atoms with E-state index in [4.69, 9.17) is 5.10 Å². The zero-order chi connectivity index (χ0) is 23.4. The van der Waals surface area contributed by atoms with Crippen LogP contribution in [0.5, 0.6) is 0 Å². The van der Waals surface area contributed by atoms with Crippen molar-refractivity contribution in [3.8, 4) is 16.9 Å². The summed E-state index contributed by atoms with van der Waals surface area (Å²) in [5.41, 5.74) is 4.38. The van der Waals surface area contributed by atoms with E-state index in [1.54, 1.807) is 29.0 Å². The van der Waals surface area contributed by atoms with Gasteiger partial charge in [0, 0.05) is 41.5 Å². The van der Waals surface area contributed by atoms with E-state index in [1.807, 2.05) is 29.2 Å². The number of aryl methyl sites for hydroxylation is 1. The lowest BCUT2D eigenvalue weighted by Crippen LogP contribution is -2.49. The Morgan fingerprint density at radius 1 is 1.03 bits per heavy atom. The van der Waals surface area contributed by atoms with E-state index in [2.05, 4.69) is 10.2 Å². The van der Waals surface area contributed by atoms with Crippen molar-refractivity contribution >= 4 is 5.91 Å². The topological polar surface area (TPSA) is 68.8 Å². The van der Waals surface area contributed by atoms with Crippen molar-refractivity contribution in [2.75, 3.05) is 0 Å². The Kier molecular flexibility index (Phi) is 4.79. The summed E-state index contributed by atoms with van der Waals surface area (Å²) in [4.78, 5) is 15.7. The highest BCUT2D eigenvalue weighted by molar-refractivity contribution is 5.95. The summed E-state index contributed by atoms with van der Waals surface area (Å²) in [6, 6.07) is 10.8. The molecule has 34 heavy (non-hydrogen) atoms. The van der Waals surface area contributed by atoms with Crippen LogP contribution in [0.4, 0.5) is 8.78 Å². The largest absolute Gasteiger partial charge is 0.327 e. The number of halogens is 2. The summed E-state index contributed by atoms with van der Waals surface area (Å²) in [5, 5.41) is 12.4. The first-order valence-corrected chi connectivity index (χ1v) is 11.3. The Balaban J connectivity index is 1.40. The van der Waals surface area contributed by atoms with Crippen LogP contribution in [0.3, 0.4) is 0 Å². The van der Waals surface area contributed by atoms with Crippen LogP contribution < -0.4 is 0 Å². The summed E-state index contributed by atoms with van der Waals surface area (Å²) in [7, 11) is 1.79. The summed E-state index contributed by atoms with van der Waals surface area (Å²) in [5.74, 6) is -1.28. The predicted octanol–water partition coefficient (Wildman–Crippen LogP) is 4.24. The Morgan fingerprint density at radius 2 is 1.79 bits per heavy atom. The van der Waals surface area contributed by atoms with Crippen LogP contribution in [0.2, 0.25) is 0 Å². The van der Waals surface area contributed by atoms with Crippen molar-refractivity contribution in [1.82, 2.24) is 29.4 Å². The standard InChI is InChI=1S/C25H22F2N6O/c1-31-24(16-8-17(26)11-18(27)9-16)21-12-20-6-3-7-22(23(21)30-31)33(20)25(34)15-4-2-5-19(10-15)32-13-28-29-14-32/h2,4-5,8-11,13-14,20,22H,3,6-7,12H2,1H3/t20-,22+/m0/s1. The van der Waals surface area contributed by atoms with Gasteiger partial charge >= 0.3 is 0 Å². The maximum absolute atomic E-state index is 14.0. The van der Waals surface area contributed by atoms with Crippen LogP contribution >= 0.6 is 0 Å². The van der Waals surface area contributed by atoms with Gasteiger partial charge in [0.05, 0.1) is 17.4 Å². The second-order valence-electron chi connectivity index (χ2n) is 8.93. The van der Waals surface area contributed by atoms with Crippen LogP contribution in [0.1, 0.15) is 46.9 Å². The first kappa shape index (κ1) is 20.7. The summed E-state index contributed by atoms with van der Waals surface area (Å²) >= 11 is 0. The Hall–Kier alpha value is -3.88. The normalized spacial score (nSPS) is 19.2. The van der Waals surface area contributed by atoms with Crippen molar-refractivity contribution in [2.45, 2.75) is 37.8 Å². The van der Waals surface area contributed by atoms with E-state index in [0.717, 1.165) is 42.3 Å². The van der Waals surface area contributed by atoms with Gasteiger partial charge in [0.2, 0.25) is 0 Å². The highest BCUT2D eigenvalue weighted by Gasteiger charge is 2.43. The third kappa shape index (κ3) is 3.30. The van der Waals surface area contributed by atoms with E-state index < -0.39 is 11.6 Å². The maximum atomic E-state index is 14.0. The zero-order valence-electron chi connectivity index (χ0n) is 18.5. The van der Waals surface area contributed by atoms with E-state index in [0.29, 0.717) is 23.2 Å². The number of carbonyl (C=O) groups is 1. The molecule has 1 fully saturated rings. The summed E-state index contributed by atoms with van der Waals surface area (Å²) < 4.78 is 31.4. The summed E-state index contributed by atoms with van der Waals surface area (Å²) in [6.07, 6.45) is 6.46. The number of carbonyl (C=O) groups excluding carboxylic acids is 1. The molecule has 2 aromatic heterocycles. The lowest BCUT2D eigenvalue weighted by Gasteiger charge is -2.45. The van der Waals surface area contributed by atoms with Crippen molar-refractivity contribution < 1.29 is 13.6 Å². The lowest BCUT2D eigenvalue weighted by atomic mass is 9.81. The minimum atomic E-state index is -0.620. The summed E-state index contributed by atoms with van der Waals surface area (Å²) in [6.45, 7) is 0. The number of hydrogen-bond acceptors (Lipinski definition) is 4. The minimum Gasteiger partial charge on any atom is -0.327 e. The quantitative estimate of drug-likeness (QED) is 0.459. The van der Waals surface area contributed by atoms with E-state index in [1.165, 1.54) is 12.1 Å². The first-order valence-electron chi connectivity index (χ1n) is 11.3. The number of piperidine rings is 1. The Bertz CT molecular complexity index is 1380. The fourth-order valence-corrected chi connectivity index (χ4v) is 5.48. The van der Waals surface area contributed by atoms with Crippen molar-refractivity contribution in [1.29, 1.82) is 0 Å². The fourth-order valence-electron chi connectivity index (χ4n) is 5.48. The maximum Gasteiger partial charge on any atom is 0.254 e. The van der Waals surface area contributed by atoms with Gasteiger partial charge in [-0.25, -0.2) is 8.78 Å². The molecule has 2 bridgehead atoms. The van der Waals surface area contributed by atoms with Crippen LogP contribution in [0.25, 0.3) is 16.9 Å². The number of benzene rings is 2. The molecule has 0 N–H and O–H groups in total. The van der Waals surface area contributed by atoms with Gasteiger partial charge in [0.15, 0.2) is 0 Å². The number of aromatic nitrogens is 5. The smallest absolute Gasteiger partial charge is 0.254 e. The lowest BCUT2D eigenvalue weighted by molar-refractivity contribution is 0.0392. The molecule has 2 aliphatic rings. The van der Waals surface area contributed by atoms with E-state index in [-0.39, 0.29) is 18.0 Å². The molecule has 0 saturated carbocycles. The Labute approximate surface area is 194 Å². The van der Waals surface area contributed by atoms with Gasteiger partial charge in [-0.15, -0.1) is 10.2 Å². The molecule has 9 heteroatoms. The molecule has 172 valence electrons. The first-order chi connectivity index (χ1) is 16.5. The number of nitrogens with zero attached hydrogens (tertiary/aromatic N) is 6. The van der Waals surface area contributed by atoms with Crippen LogP contribution in [0, 0.1) is 11.6 Å². The van der Waals surface area contributed by atoms with Gasteiger partial charge in [-0.3, -0.25) is 14.0 Å². The van der Waals surface area contributed by atoms with Gasteiger partial charge in [-0.2, -0.15) is 5.10 Å². The molecule has 0 unspecified atom stereocenters. The van der Waals surface area contributed by atoms with Gasteiger partial charge in [-0.1, -0.05) is 6.07 Å². The predicted molar refractivity (Wildman–Crippen MR) is 120 cm³/mol. The average Bonchev–Trinajstić information content (AvgIpc) is 3.46. The number of hydrogen-bond donors (Lipinski definition) is 0. The van der Waals surface area contributed by atoms with E-state index in [9.17, 15) is 13.6 Å². The van der Waals surface area contributed by atoms with Gasteiger partial charge in [0.1, 0.15) is 24.3 Å². The van der Waals surface area contributed by atoms with Gasteiger partial charge in [0.25, 0.3) is 5.91 Å². The third-order valence-corrected chi connectivity index (χ3v) is 6.86. The van der Waals surface area contributed by atoms with Crippen molar-refractivity contribution in [3.63, 3.8) is 0 Å². The highest BCUT2D eigenvalue weighted by atomic mass is 19.1. The molecule has 2 aromatic carbocycles. The number of amides is 1. The second-order valence-corrected chi connectivity index (χ2v) is 8.93. The van der Waals surface area contributed by atoms with Crippen molar-refractivity contribution in [3.05, 3.63) is 83.6 Å². The van der Waals surface area contributed by atoms with Crippen LogP contribution in [0.15, 0.2) is 55.1 Å². The molecule has 6 rings (SSSR count). The molecule has 0 radical (unpaired) electrons.